The van der Waals surface area contributed by atoms with Gasteiger partial charge >= 0.3 is 0 Å². The molecular weight excluding hydrogens is 390 g/mol. The second-order valence-corrected chi connectivity index (χ2v) is 10.0. The smallest absolute Gasteiger partial charge is 0.251 e. The van der Waals surface area contributed by atoms with E-state index < -0.39 is 0 Å². The van der Waals surface area contributed by atoms with Crippen molar-refractivity contribution in [2.24, 2.45) is 0 Å². The minimum atomic E-state index is 0.0701. The number of carbonyl (C=O) groups is 1. The Hall–Kier alpha value is -1.98. The summed E-state index contributed by atoms with van der Waals surface area (Å²) in [4.78, 5) is 20.5. The van der Waals surface area contributed by atoms with E-state index in [1.165, 1.54) is 59.9 Å². The Morgan fingerprint density at radius 1 is 1.03 bits per heavy atom. The van der Waals surface area contributed by atoms with Crippen LogP contribution in [-0.2, 0) is 0 Å². The van der Waals surface area contributed by atoms with Crippen LogP contribution in [0.3, 0.4) is 0 Å². The molecule has 158 valence electrons. The first-order valence-electron chi connectivity index (χ1n) is 11.4. The van der Waals surface area contributed by atoms with Gasteiger partial charge in [0.2, 0.25) is 0 Å². The molecule has 1 amide bonds. The molecule has 0 radical (unpaired) electrons. The van der Waals surface area contributed by atoms with E-state index in [0.717, 1.165) is 24.9 Å². The first-order chi connectivity index (χ1) is 14.7. The van der Waals surface area contributed by atoms with Crippen LogP contribution in [0.15, 0.2) is 52.3 Å². The zero-order valence-corrected chi connectivity index (χ0v) is 18.6. The number of hydrogen-bond acceptors (Lipinski definition) is 4. The number of carbonyl (C=O) groups excluding carboxylic acids is 1. The lowest BCUT2D eigenvalue weighted by molar-refractivity contribution is 0.0938. The van der Waals surface area contributed by atoms with E-state index in [1.807, 2.05) is 17.8 Å². The standard InChI is InChI=1S/C25H31N3OS/c1-18(17-27-14-6-7-15-27)28-21-10-4-5-11-23(21)30-24-13-12-19(16-22(24)28)25(29)26-20-8-2-3-9-20/h4-5,10-13,16,18,20H,2-3,6-9,14-15,17H2,1H3,(H,26,29). The number of nitrogens with zero attached hydrogens (tertiary/aromatic N) is 2. The number of amides is 1. The van der Waals surface area contributed by atoms with Gasteiger partial charge in [0.25, 0.3) is 5.91 Å². The number of benzene rings is 2. The van der Waals surface area contributed by atoms with E-state index in [-0.39, 0.29) is 5.91 Å². The molecule has 1 unspecified atom stereocenters. The molecule has 0 spiro atoms. The predicted molar refractivity (Wildman–Crippen MR) is 124 cm³/mol. The van der Waals surface area contributed by atoms with Crippen LogP contribution in [0.25, 0.3) is 0 Å². The lowest BCUT2D eigenvalue weighted by atomic mass is 10.1. The number of fused-ring (bicyclic) bond motifs is 2. The second kappa shape index (κ2) is 8.64. The lowest BCUT2D eigenvalue weighted by Gasteiger charge is -2.39. The van der Waals surface area contributed by atoms with Crippen molar-refractivity contribution in [3.05, 3.63) is 48.0 Å². The topological polar surface area (TPSA) is 35.6 Å². The highest BCUT2D eigenvalue weighted by Gasteiger charge is 2.29. The third kappa shape index (κ3) is 3.97. The fourth-order valence-corrected chi connectivity index (χ4v) is 6.21. The van der Waals surface area contributed by atoms with Crippen LogP contribution in [-0.4, -0.2) is 42.5 Å². The summed E-state index contributed by atoms with van der Waals surface area (Å²) in [6.07, 6.45) is 7.29. The van der Waals surface area contributed by atoms with Crippen molar-refractivity contribution in [3.63, 3.8) is 0 Å². The summed E-state index contributed by atoms with van der Waals surface area (Å²) in [7, 11) is 0. The van der Waals surface area contributed by atoms with Gasteiger partial charge in [-0.15, -0.1) is 0 Å². The van der Waals surface area contributed by atoms with Crippen molar-refractivity contribution < 1.29 is 4.79 Å². The number of nitrogens with one attached hydrogen (secondary N) is 1. The van der Waals surface area contributed by atoms with Gasteiger partial charge in [-0.25, -0.2) is 0 Å². The molecule has 1 N–H and O–H groups in total. The molecule has 30 heavy (non-hydrogen) atoms. The van der Waals surface area contributed by atoms with Gasteiger partial charge in [0, 0.05) is 34.0 Å². The molecule has 2 aromatic rings. The minimum Gasteiger partial charge on any atom is -0.349 e. The molecule has 3 aliphatic rings. The molecule has 1 atom stereocenters. The zero-order valence-electron chi connectivity index (χ0n) is 17.8. The van der Waals surface area contributed by atoms with Gasteiger partial charge in [-0.2, -0.15) is 0 Å². The van der Waals surface area contributed by atoms with Gasteiger partial charge in [-0.05, 0) is 76.0 Å². The summed E-state index contributed by atoms with van der Waals surface area (Å²) in [5, 5.41) is 3.25. The van der Waals surface area contributed by atoms with E-state index in [4.69, 9.17) is 0 Å². The van der Waals surface area contributed by atoms with E-state index in [2.05, 4.69) is 58.4 Å². The molecule has 1 saturated carbocycles. The first-order valence-corrected chi connectivity index (χ1v) is 12.2. The number of hydrogen-bond donors (Lipinski definition) is 1. The normalized spacial score (nSPS) is 20.1. The molecule has 1 saturated heterocycles. The second-order valence-electron chi connectivity index (χ2n) is 8.93. The number of para-hydroxylation sites is 1. The maximum absolute atomic E-state index is 12.9. The third-order valence-electron chi connectivity index (χ3n) is 6.68. The summed E-state index contributed by atoms with van der Waals surface area (Å²) in [6.45, 7) is 5.77. The van der Waals surface area contributed by atoms with Crippen molar-refractivity contribution in [1.29, 1.82) is 0 Å². The van der Waals surface area contributed by atoms with E-state index in [9.17, 15) is 4.79 Å². The predicted octanol–water partition coefficient (Wildman–Crippen LogP) is 5.45. The summed E-state index contributed by atoms with van der Waals surface area (Å²) in [6, 6.07) is 15.6. The summed E-state index contributed by atoms with van der Waals surface area (Å²) < 4.78 is 0. The van der Waals surface area contributed by atoms with Crippen LogP contribution in [0.4, 0.5) is 11.4 Å². The maximum atomic E-state index is 12.9. The van der Waals surface area contributed by atoms with Gasteiger partial charge in [0.05, 0.1) is 11.4 Å². The van der Waals surface area contributed by atoms with E-state index in [1.54, 1.807) is 0 Å². The third-order valence-corrected chi connectivity index (χ3v) is 7.81. The van der Waals surface area contributed by atoms with Crippen LogP contribution >= 0.6 is 11.8 Å². The van der Waals surface area contributed by atoms with Crippen molar-refractivity contribution in [3.8, 4) is 0 Å². The van der Waals surface area contributed by atoms with Crippen molar-refractivity contribution in [2.75, 3.05) is 24.5 Å². The SMILES string of the molecule is CC(CN1CCCC1)N1c2ccccc2Sc2ccc(C(=O)NC3CCCC3)cc21. The van der Waals surface area contributed by atoms with Gasteiger partial charge in [-0.3, -0.25) is 4.79 Å². The van der Waals surface area contributed by atoms with E-state index in [0.29, 0.717) is 12.1 Å². The van der Waals surface area contributed by atoms with Crippen molar-refractivity contribution in [2.45, 2.75) is 67.3 Å². The summed E-state index contributed by atoms with van der Waals surface area (Å²) in [5.41, 5.74) is 3.21. The monoisotopic (exact) mass is 421 g/mol. The lowest BCUT2D eigenvalue weighted by Crippen LogP contribution is -2.40. The Morgan fingerprint density at radius 3 is 2.57 bits per heavy atom. The largest absolute Gasteiger partial charge is 0.349 e. The zero-order chi connectivity index (χ0) is 20.5. The van der Waals surface area contributed by atoms with Crippen LogP contribution < -0.4 is 10.2 Å². The number of likely N-dealkylation sites (tertiary alicyclic amines) is 1. The molecular formula is C25H31N3OS. The highest BCUT2D eigenvalue weighted by molar-refractivity contribution is 7.99. The Balaban J connectivity index is 1.46. The van der Waals surface area contributed by atoms with Crippen LogP contribution in [0.5, 0.6) is 0 Å². The Morgan fingerprint density at radius 2 is 1.77 bits per heavy atom. The van der Waals surface area contributed by atoms with Crippen LogP contribution in [0.1, 0.15) is 55.8 Å². The van der Waals surface area contributed by atoms with Crippen LogP contribution in [0.2, 0.25) is 0 Å². The highest BCUT2D eigenvalue weighted by Crippen LogP contribution is 2.49. The quantitative estimate of drug-likeness (QED) is 0.697. The van der Waals surface area contributed by atoms with Gasteiger partial charge < -0.3 is 15.1 Å². The minimum absolute atomic E-state index is 0.0701. The van der Waals surface area contributed by atoms with Gasteiger partial charge in [0.15, 0.2) is 0 Å². The molecule has 0 bridgehead atoms. The molecule has 2 fully saturated rings. The molecule has 4 nitrogen and oxygen atoms in total. The Labute approximate surface area is 184 Å². The molecule has 5 rings (SSSR count). The molecule has 2 aliphatic heterocycles. The van der Waals surface area contributed by atoms with Crippen LogP contribution in [0, 0.1) is 0 Å². The fourth-order valence-electron chi connectivity index (χ4n) is 5.16. The fraction of sp³-hybridized carbons (Fsp3) is 0.480. The summed E-state index contributed by atoms with van der Waals surface area (Å²) in [5.74, 6) is 0.0701. The van der Waals surface area contributed by atoms with Crippen molar-refractivity contribution in [1.82, 2.24) is 10.2 Å². The molecule has 2 heterocycles. The summed E-state index contributed by atoms with van der Waals surface area (Å²) >= 11 is 1.81. The Kier molecular flexibility index (Phi) is 5.74. The number of anilines is 2. The number of rotatable bonds is 5. The van der Waals surface area contributed by atoms with Gasteiger partial charge in [0.1, 0.15) is 0 Å². The molecule has 1 aliphatic carbocycles. The average molecular weight is 422 g/mol. The Bertz CT molecular complexity index is 918. The van der Waals surface area contributed by atoms with Gasteiger partial charge in [-0.1, -0.05) is 36.7 Å². The van der Waals surface area contributed by atoms with Crippen molar-refractivity contribution >= 4 is 29.0 Å². The van der Waals surface area contributed by atoms with E-state index >= 15 is 0 Å². The molecule has 0 aromatic heterocycles. The maximum Gasteiger partial charge on any atom is 0.251 e. The average Bonchev–Trinajstić information content (AvgIpc) is 3.45. The molecule has 2 aromatic carbocycles. The first kappa shape index (κ1) is 20.0. The molecule has 5 heteroatoms. The highest BCUT2D eigenvalue weighted by atomic mass is 32.2.